The van der Waals surface area contributed by atoms with E-state index in [0.717, 1.165) is 26.0 Å². The lowest BCUT2D eigenvalue weighted by atomic mass is 9.44. The maximum Gasteiger partial charge on any atom is 0.350 e. The number of esters is 5. The van der Waals surface area contributed by atoms with Crippen LogP contribution in [0.4, 0.5) is 5.69 Å². The first-order chi connectivity index (χ1) is 49.0. The van der Waals surface area contributed by atoms with Crippen molar-refractivity contribution in [3.05, 3.63) is 158 Å². The number of benzene rings is 4. The van der Waals surface area contributed by atoms with Crippen molar-refractivity contribution in [3.63, 3.8) is 0 Å². The Bertz CT molecular complexity index is 4030. The molecule has 4 aliphatic rings. The number of halogens is 1. The van der Waals surface area contributed by atoms with Gasteiger partial charge in [0.2, 0.25) is 35.6 Å². The normalized spacial score (nSPS) is 24.2. The highest BCUT2D eigenvalue weighted by molar-refractivity contribution is 6.31. The number of carbonyl (C=O) groups excluding carboxylic acids is 13. The van der Waals surface area contributed by atoms with Gasteiger partial charge in [-0.1, -0.05) is 92.2 Å². The maximum absolute atomic E-state index is 15.9. The van der Waals surface area contributed by atoms with E-state index >= 15 is 9.59 Å². The van der Waals surface area contributed by atoms with Gasteiger partial charge in [0.1, 0.15) is 53.6 Å². The zero-order chi connectivity index (χ0) is 76.3. The first-order valence-electron chi connectivity index (χ1n) is 33.5. The van der Waals surface area contributed by atoms with Crippen molar-refractivity contribution in [1.82, 2.24) is 26.6 Å². The number of primary amides is 2. The number of unbranched alkanes of at least 4 members (excludes halogenated alkanes) is 1. The molecule has 1 aliphatic heterocycles. The molecule has 1 heterocycles. The highest BCUT2D eigenvalue weighted by Crippen LogP contribution is 2.64. The minimum atomic E-state index is -2.58. The summed E-state index contributed by atoms with van der Waals surface area (Å²) in [6.07, 6.45) is -13.4. The van der Waals surface area contributed by atoms with Crippen LogP contribution in [0.1, 0.15) is 149 Å². The maximum atomic E-state index is 15.9. The van der Waals surface area contributed by atoms with E-state index in [1.54, 1.807) is 54.6 Å². The smallest absolute Gasteiger partial charge is 0.350 e. The van der Waals surface area contributed by atoms with E-state index in [1.165, 1.54) is 77.1 Å². The lowest BCUT2D eigenvalue weighted by Gasteiger charge is -2.67. The first-order valence-corrected chi connectivity index (χ1v) is 33.8. The number of nitrogens with zero attached hydrogens (tertiary/aromatic N) is 1. The highest BCUT2D eigenvalue weighted by atomic mass is 35.5. The van der Waals surface area contributed by atoms with E-state index in [1.807, 2.05) is 0 Å². The standard InChI is InChI=1S/C72H83ClN8O23/c1-37-49(35-72(96)61(103-67(94)43-23-15-10-16-24-43)59-70(7,50(84)34-51-71(59,36-99-51)104-40(4)83)60(88)57(100-39(3)82)55(37)69(72,5)6)101-68(95)58(56(41-19-11-8-12-20-41)80-65(92)42-21-13-9-14-22-42)102-54(87)31-30-52(85)76-32-18-17-25-46(62(74)89)78-53(86)29-28-47(63(75)90)79-64(91)38(2)77-66(93)45-27-26-44(73)33-48(45)81(97)98/h8-16,19-24,26-27,33,38,46-47,49-51,56-59,61,84,96H,17-18,25,28-32,34-36H2,1-7H3,(H2,74,89)(H2,75,90)(H,76,85)(H,77,93)(H,78,86)(H,79,91)(H,80,92)/t38?,46?,47-,49-,50-,51+,56-,57+,58+,59-,61-,70+,71-,72+/m0/s1. The molecule has 0 spiro atoms. The lowest BCUT2D eigenvalue weighted by Crippen LogP contribution is -2.82. The molecule has 3 fully saturated rings. The Kier molecular flexibility index (Phi) is 25.4. The number of nitrogens with one attached hydrogen (secondary N) is 5. The van der Waals surface area contributed by atoms with Crippen molar-refractivity contribution in [2.24, 2.45) is 28.2 Å². The Balaban J connectivity index is 0.985. The number of nitrogens with two attached hydrogens (primary N) is 2. The van der Waals surface area contributed by atoms with Crippen molar-refractivity contribution in [1.29, 1.82) is 0 Å². The summed E-state index contributed by atoms with van der Waals surface area (Å²) >= 11 is 5.84. The predicted molar refractivity (Wildman–Crippen MR) is 364 cm³/mol. The van der Waals surface area contributed by atoms with Crippen molar-refractivity contribution in [2.45, 2.75) is 178 Å². The molecular formula is C72H83ClN8O23. The number of hydrogen-bond acceptors (Lipinski definition) is 23. The van der Waals surface area contributed by atoms with Crippen LogP contribution in [0.15, 0.2) is 120 Å². The molecule has 4 aromatic carbocycles. The molecule has 2 bridgehead atoms. The van der Waals surface area contributed by atoms with E-state index in [2.05, 4.69) is 26.6 Å². The average molecular weight is 1460 g/mol. The van der Waals surface area contributed by atoms with Crippen LogP contribution < -0.4 is 38.1 Å². The fourth-order valence-corrected chi connectivity index (χ4v) is 14.3. The summed E-state index contributed by atoms with van der Waals surface area (Å²) < 4.78 is 36.9. The number of ketones is 1. The van der Waals surface area contributed by atoms with Crippen LogP contribution in [0, 0.1) is 26.9 Å². The monoisotopic (exact) mass is 1460 g/mol. The van der Waals surface area contributed by atoms with Gasteiger partial charge in [0.05, 0.1) is 41.0 Å². The third kappa shape index (κ3) is 17.4. The number of hydrogen-bond donors (Lipinski definition) is 9. The number of aliphatic hydroxyl groups excluding tert-OH is 1. The second-order valence-corrected chi connectivity index (χ2v) is 27.2. The van der Waals surface area contributed by atoms with Crippen LogP contribution in [0.5, 0.6) is 0 Å². The SMILES string of the molecule is CC(=O)O[C@H]1C(=O)[C@@]2(C)[C@H]([C@H](OC(=O)c3ccccc3)[C@]3(O)C[C@H](OC(=O)[C@H](OC(=O)CCC(=O)NCCCCC(NC(=O)CC[C@H](NC(=O)C(C)NC(=O)c4ccc(Cl)cc4[N+](=O)[O-])C(N)=O)C(N)=O)[C@@H](NC(=O)c4ccccc4)c4ccccc4)C(C)=C1C3(C)C)[C@]1(OC(C)=O)CO[C@@H]1C[C@@H]2O. The molecule has 7 amide bonds. The van der Waals surface area contributed by atoms with Gasteiger partial charge < -0.3 is 76.7 Å². The summed E-state index contributed by atoms with van der Waals surface area (Å²) in [7, 11) is 0. The zero-order valence-corrected chi connectivity index (χ0v) is 58.7. The molecule has 104 heavy (non-hydrogen) atoms. The fraction of sp³-hybridized carbons (Fsp3) is 0.458. The number of nitro groups is 1. The van der Waals surface area contributed by atoms with Gasteiger partial charge >= 0.3 is 29.8 Å². The number of fused-ring (bicyclic) bond motifs is 5. The molecule has 8 rings (SSSR count). The van der Waals surface area contributed by atoms with Gasteiger partial charge in [-0.15, -0.1) is 0 Å². The van der Waals surface area contributed by atoms with E-state index in [-0.39, 0.29) is 71.5 Å². The minimum absolute atomic E-state index is 0.0159. The summed E-state index contributed by atoms with van der Waals surface area (Å²) in [6, 6.07) is 20.8. The van der Waals surface area contributed by atoms with Crippen molar-refractivity contribution in [3.8, 4) is 0 Å². The Hall–Kier alpha value is -10.5. The Morgan fingerprint density at radius 2 is 1.36 bits per heavy atom. The quantitative estimate of drug-likeness (QED) is 0.00901. The topological polar surface area (TPSA) is 473 Å². The summed E-state index contributed by atoms with van der Waals surface area (Å²) in [4.78, 5) is 189. The molecule has 14 atom stereocenters. The van der Waals surface area contributed by atoms with Gasteiger partial charge in [-0.2, -0.15) is 0 Å². The summed E-state index contributed by atoms with van der Waals surface area (Å²) in [5.41, 5.74) is 1.73. The Morgan fingerprint density at radius 1 is 0.740 bits per heavy atom. The van der Waals surface area contributed by atoms with Gasteiger partial charge in [-0.25, -0.2) is 9.59 Å². The third-order valence-electron chi connectivity index (χ3n) is 19.7. The molecule has 2 unspecified atom stereocenters. The van der Waals surface area contributed by atoms with Gasteiger partial charge in [0.25, 0.3) is 17.5 Å². The number of ether oxygens (including phenoxy) is 6. The fourth-order valence-electron chi connectivity index (χ4n) is 14.1. The molecule has 11 N–H and O–H groups in total. The van der Waals surface area contributed by atoms with Gasteiger partial charge in [-0.05, 0) is 99.6 Å². The molecule has 31 nitrogen and oxygen atoms in total. The van der Waals surface area contributed by atoms with Crippen LogP contribution in [0.3, 0.4) is 0 Å². The molecule has 2 saturated carbocycles. The van der Waals surface area contributed by atoms with Crippen LogP contribution in [-0.2, 0) is 76.4 Å². The number of aliphatic hydroxyl groups is 2. The molecule has 4 aromatic rings. The molecular weight excluding hydrogens is 1380 g/mol. The summed E-state index contributed by atoms with van der Waals surface area (Å²) in [5.74, 6) is -14.2. The van der Waals surface area contributed by atoms with Crippen LogP contribution in [-0.4, -0.2) is 171 Å². The van der Waals surface area contributed by atoms with E-state index in [9.17, 15) is 73.1 Å². The second kappa shape index (κ2) is 33.3. The number of carbonyl (C=O) groups is 13. The molecule has 0 radical (unpaired) electrons. The van der Waals surface area contributed by atoms with Crippen molar-refractivity contribution in [2.75, 3.05) is 13.2 Å². The number of rotatable bonds is 30. The largest absolute Gasteiger partial charge is 0.455 e. The second-order valence-electron chi connectivity index (χ2n) is 26.8. The van der Waals surface area contributed by atoms with Crippen LogP contribution in [0.2, 0.25) is 5.02 Å². The van der Waals surface area contributed by atoms with Crippen molar-refractivity contribution >= 4 is 94.3 Å². The zero-order valence-electron chi connectivity index (χ0n) is 58.0. The van der Waals surface area contributed by atoms with Gasteiger partial charge in [0.15, 0.2) is 17.5 Å². The predicted octanol–water partition coefficient (Wildman–Crippen LogP) is 3.45. The number of nitro benzene ring substituents is 1. The summed E-state index contributed by atoms with van der Waals surface area (Å²) in [6.45, 7) is 8.67. The molecule has 0 aromatic heterocycles. The van der Waals surface area contributed by atoms with Crippen LogP contribution >= 0.6 is 11.6 Å². The van der Waals surface area contributed by atoms with Crippen molar-refractivity contribution < 1.29 is 106 Å². The van der Waals surface area contributed by atoms with E-state index in [4.69, 9.17) is 51.5 Å². The third-order valence-corrected chi connectivity index (χ3v) is 19.9. The molecule has 3 aliphatic carbocycles. The Morgan fingerprint density at radius 3 is 1.94 bits per heavy atom. The molecule has 32 heteroatoms. The van der Waals surface area contributed by atoms with Gasteiger partial charge in [0, 0.05) is 68.1 Å². The Labute approximate surface area is 601 Å². The minimum Gasteiger partial charge on any atom is -0.455 e. The summed E-state index contributed by atoms with van der Waals surface area (Å²) in [5, 5.41) is 50.4. The lowest BCUT2D eigenvalue weighted by molar-refractivity contribution is -0.385. The first kappa shape index (κ1) is 79.2. The van der Waals surface area contributed by atoms with E-state index < -0.39 is 214 Å². The highest BCUT2D eigenvalue weighted by Gasteiger charge is 2.78. The molecule has 1 saturated heterocycles. The van der Waals surface area contributed by atoms with Gasteiger partial charge in [-0.3, -0.25) is 62.9 Å². The molecule has 556 valence electrons. The van der Waals surface area contributed by atoms with Crippen LogP contribution in [0.25, 0.3) is 0 Å². The average Bonchev–Trinajstić information content (AvgIpc) is 0.669. The van der Waals surface area contributed by atoms with E-state index in [0.29, 0.717) is 0 Å². The number of amides is 7. The number of Topliss-reactive ketones (excluding diaryl/α,β-unsaturated/α-hetero) is 1.